The third-order valence-corrected chi connectivity index (χ3v) is 11.4. The van der Waals surface area contributed by atoms with E-state index in [1.54, 1.807) is 0 Å². The van der Waals surface area contributed by atoms with E-state index in [2.05, 4.69) is 150 Å². The SMILES string of the molecule is [C-]#[N+]c1ccc(-c2ccc3c(c2)C2(c4ccccc4Oc4ccccc42)c2cc(-c4cccc(-c5cccc(-c6nc(C)nc(C)c6C)c5)c4)ccc2-3)cc1. The standard InChI is InChI=1S/C51H35N3O/c1-31-32(2)53-33(3)54-50(31)40-14-10-13-37(28-40)35-11-9-12-36(27-35)39-22-26-43-42-25-21-38(34-19-23-41(52-4)24-20-34)29-46(42)51(47(43)30-39)44-15-5-7-17-48(44)55-49-18-8-6-16-45(49)51/h5-30H,1-3H3. The van der Waals surface area contributed by atoms with Crippen LogP contribution in [0.15, 0.2) is 158 Å². The zero-order chi connectivity index (χ0) is 37.3. The van der Waals surface area contributed by atoms with Gasteiger partial charge in [0.25, 0.3) is 0 Å². The zero-order valence-electron chi connectivity index (χ0n) is 30.8. The molecule has 0 fully saturated rings. The van der Waals surface area contributed by atoms with Gasteiger partial charge in [0.2, 0.25) is 0 Å². The predicted octanol–water partition coefficient (Wildman–Crippen LogP) is 13.1. The van der Waals surface area contributed by atoms with E-state index in [9.17, 15) is 0 Å². The summed E-state index contributed by atoms with van der Waals surface area (Å²) >= 11 is 0. The van der Waals surface area contributed by atoms with Crippen LogP contribution in [-0.4, -0.2) is 9.97 Å². The molecule has 10 rings (SSSR count). The fraction of sp³-hybridized carbons (Fsp3) is 0.0784. The molecule has 0 saturated heterocycles. The second kappa shape index (κ2) is 12.5. The van der Waals surface area contributed by atoms with Crippen LogP contribution in [0.25, 0.3) is 60.6 Å². The fourth-order valence-electron chi connectivity index (χ4n) is 8.76. The Morgan fingerprint density at radius 2 is 0.964 bits per heavy atom. The van der Waals surface area contributed by atoms with Crippen molar-refractivity contribution in [1.82, 2.24) is 9.97 Å². The van der Waals surface area contributed by atoms with Crippen LogP contribution in [0.2, 0.25) is 0 Å². The Balaban J connectivity index is 1.16. The van der Waals surface area contributed by atoms with Crippen LogP contribution in [0.4, 0.5) is 5.69 Å². The largest absolute Gasteiger partial charge is 0.457 e. The number of hydrogen-bond donors (Lipinski definition) is 0. The van der Waals surface area contributed by atoms with E-state index >= 15 is 0 Å². The number of hydrogen-bond acceptors (Lipinski definition) is 3. The summed E-state index contributed by atoms with van der Waals surface area (Å²) in [6.07, 6.45) is 0. The van der Waals surface area contributed by atoms with Crippen LogP contribution >= 0.6 is 0 Å². The average molecular weight is 706 g/mol. The summed E-state index contributed by atoms with van der Waals surface area (Å²) in [4.78, 5) is 13.0. The van der Waals surface area contributed by atoms with E-state index < -0.39 is 5.41 Å². The summed E-state index contributed by atoms with van der Waals surface area (Å²) in [5, 5.41) is 0. The molecular weight excluding hydrogens is 671 g/mol. The van der Waals surface area contributed by atoms with Crippen molar-refractivity contribution in [2.75, 3.05) is 0 Å². The molecule has 8 aromatic rings. The zero-order valence-corrected chi connectivity index (χ0v) is 30.8. The fourth-order valence-corrected chi connectivity index (χ4v) is 8.76. The molecule has 260 valence electrons. The van der Waals surface area contributed by atoms with E-state index in [0.29, 0.717) is 5.69 Å². The van der Waals surface area contributed by atoms with E-state index in [4.69, 9.17) is 16.3 Å². The van der Waals surface area contributed by atoms with Crippen molar-refractivity contribution >= 4 is 5.69 Å². The average Bonchev–Trinajstić information content (AvgIpc) is 3.51. The van der Waals surface area contributed by atoms with Gasteiger partial charge >= 0.3 is 0 Å². The van der Waals surface area contributed by atoms with Crippen molar-refractivity contribution in [3.05, 3.63) is 208 Å². The maximum Gasteiger partial charge on any atom is 0.187 e. The highest BCUT2D eigenvalue weighted by atomic mass is 16.5. The minimum Gasteiger partial charge on any atom is -0.457 e. The molecule has 2 heterocycles. The van der Waals surface area contributed by atoms with E-state index in [0.717, 1.165) is 84.3 Å². The highest BCUT2D eigenvalue weighted by molar-refractivity contribution is 5.92. The van der Waals surface area contributed by atoms with Crippen LogP contribution in [0.3, 0.4) is 0 Å². The Kier molecular flexibility index (Phi) is 7.40. The molecule has 4 heteroatoms. The molecule has 0 amide bonds. The van der Waals surface area contributed by atoms with Gasteiger partial charge in [-0.3, -0.25) is 0 Å². The summed E-state index contributed by atoms with van der Waals surface area (Å²) in [6.45, 7) is 13.6. The third-order valence-electron chi connectivity index (χ3n) is 11.4. The summed E-state index contributed by atoms with van der Waals surface area (Å²) in [5.74, 6) is 2.51. The van der Waals surface area contributed by atoms with Crippen molar-refractivity contribution in [2.45, 2.75) is 26.2 Å². The lowest BCUT2D eigenvalue weighted by Crippen LogP contribution is -2.32. The molecule has 4 nitrogen and oxygen atoms in total. The summed E-state index contributed by atoms with van der Waals surface area (Å²) < 4.78 is 6.64. The first-order valence-electron chi connectivity index (χ1n) is 18.6. The maximum atomic E-state index is 7.47. The second-order valence-corrected chi connectivity index (χ2v) is 14.5. The summed E-state index contributed by atoms with van der Waals surface area (Å²) in [5.41, 5.74) is 18.1. The van der Waals surface area contributed by atoms with Gasteiger partial charge in [-0.2, -0.15) is 0 Å². The summed E-state index contributed by atoms with van der Waals surface area (Å²) in [6, 6.07) is 56.2. The number of aryl methyl sites for hydroxylation is 2. The molecule has 2 aliphatic rings. The molecular formula is C51H35N3O. The third kappa shape index (κ3) is 5.05. The first-order chi connectivity index (χ1) is 26.9. The van der Waals surface area contributed by atoms with E-state index in [-0.39, 0.29) is 0 Å². The highest BCUT2D eigenvalue weighted by Crippen LogP contribution is 2.62. The molecule has 55 heavy (non-hydrogen) atoms. The van der Waals surface area contributed by atoms with Gasteiger partial charge in [0.15, 0.2) is 5.69 Å². The van der Waals surface area contributed by atoms with E-state index in [1.807, 2.05) is 38.1 Å². The lowest BCUT2D eigenvalue weighted by molar-refractivity contribution is 0.436. The van der Waals surface area contributed by atoms with Gasteiger partial charge in [-0.15, -0.1) is 0 Å². The maximum absolute atomic E-state index is 7.47. The number of ether oxygens (including phenoxy) is 1. The molecule has 7 aromatic carbocycles. The number of nitrogens with zero attached hydrogens (tertiary/aromatic N) is 3. The Hall–Kier alpha value is -7.09. The van der Waals surface area contributed by atoms with Gasteiger partial charge in [0, 0.05) is 22.4 Å². The number of benzene rings is 7. The number of fused-ring (bicyclic) bond motifs is 9. The molecule has 0 N–H and O–H groups in total. The lowest BCUT2D eigenvalue weighted by atomic mass is 9.65. The Morgan fingerprint density at radius 1 is 0.473 bits per heavy atom. The highest BCUT2D eigenvalue weighted by Gasteiger charge is 2.51. The normalized spacial score (nSPS) is 12.9. The minimum atomic E-state index is -0.615. The van der Waals surface area contributed by atoms with Gasteiger partial charge in [0.05, 0.1) is 17.7 Å². The number of para-hydroxylation sites is 2. The molecule has 0 atom stereocenters. The predicted molar refractivity (Wildman–Crippen MR) is 222 cm³/mol. The van der Waals surface area contributed by atoms with Gasteiger partial charge in [-0.05, 0) is 118 Å². The monoisotopic (exact) mass is 705 g/mol. The molecule has 1 aliphatic carbocycles. The van der Waals surface area contributed by atoms with Crippen molar-refractivity contribution in [3.8, 4) is 67.3 Å². The summed E-state index contributed by atoms with van der Waals surface area (Å²) in [7, 11) is 0. The van der Waals surface area contributed by atoms with Crippen LogP contribution < -0.4 is 4.74 Å². The Labute approximate surface area is 321 Å². The minimum absolute atomic E-state index is 0.615. The van der Waals surface area contributed by atoms with E-state index in [1.165, 1.54) is 22.3 Å². The first-order valence-corrected chi connectivity index (χ1v) is 18.6. The van der Waals surface area contributed by atoms with Gasteiger partial charge in [-0.1, -0.05) is 121 Å². The van der Waals surface area contributed by atoms with Crippen molar-refractivity contribution in [2.24, 2.45) is 0 Å². The van der Waals surface area contributed by atoms with Crippen LogP contribution in [0.5, 0.6) is 11.5 Å². The molecule has 0 saturated carbocycles. The van der Waals surface area contributed by atoms with Crippen LogP contribution in [0, 0.1) is 27.3 Å². The Morgan fingerprint density at radius 3 is 1.55 bits per heavy atom. The molecule has 0 unspecified atom stereocenters. The van der Waals surface area contributed by atoms with Crippen LogP contribution in [0.1, 0.15) is 39.3 Å². The molecule has 1 spiro atoms. The number of aromatic nitrogens is 2. The van der Waals surface area contributed by atoms with Crippen molar-refractivity contribution < 1.29 is 4.74 Å². The molecule has 1 aliphatic heterocycles. The van der Waals surface area contributed by atoms with Gasteiger partial charge in [-0.25, -0.2) is 14.8 Å². The molecule has 1 aromatic heterocycles. The molecule has 0 radical (unpaired) electrons. The van der Waals surface area contributed by atoms with Crippen LogP contribution in [-0.2, 0) is 5.41 Å². The van der Waals surface area contributed by atoms with Gasteiger partial charge < -0.3 is 4.74 Å². The Bertz CT molecular complexity index is 2850. The lowest BCUT2D eigenvalue weighted by Gasteiger charge is -2.39. The number of rotatable bonds is 4. The van der Waals surface area contributed by atoms with Crippen molar-refractivity contribution in [1.29, 1.82) is 0 Å². The van der Waals surface area contributed by atoms with Gasteiger partial charge in [0.1, 0.15) is 17.3 Å². The van der Waals surface area contributed by atoms with Crippen molar-refractivity contribution in [3.63, 3.8) is 0 Å². The molecule has 0 bridgehead atoms. The quantitative estimate of drug-likeness (QED) is 0.171. The smallest absolute Gasteiger partial charge is 0.187 e. The second-order valence-electron chi connectivity index (χ2n) is 14.5. The first kappa shape index (κ1) is 32.6. The topological polar surface area (TPSA) is 39.4 Å².